The van der Waals surface area contributed by atoms with Gasteiger partial charge in [-0.1, -0.05) is 0 Å². The number of carbonyl (C=O) groups is 2. The summed E-state index contributed by atoms with van der Waals surface area (Å²) in [6, 6.07) is 0. The summed E-state index contributed by atoms with van der Waals surface area (Å²) in [6.07, 6.45) is 3.47. The number of ether oxygens (including phenoxy) is 1. The van der Waals surface area contributed by atoms with E-state index >= 15 is 0 Å². The first-order valence-electron chi connectivity index (χ1n) is 10.5. The lowest BCUT2D eigenvalue weighted by molar-refractivity contribution is -0.132. The molecular formula is C20H28N6O3S2. The fourth-order valence-corrected chi connectivity index (χ4v) is 5.41. The van der Waals surface area contributed by atoms with Crippen LogP contribution in [0.5, 0.6) is 11.8 Å². The highest BCUT2D eigenvalue weighted by atomic mass is 32.2. The summed E-state index contributed by atoms with van der Waals surface area (Å²) in [5, 5.41) is 0. The van der Waals surface area contributed by atoms with Gasteiger partial charge in [0, 0.05) is 49.2 Å². The van der Waals surface area contributed by atoms with E-state index in [1.165, 1.54) is 0 Å². The molecule has 0 radical (unpaired) electrons. The number of amides is 2. The molecule has 2 fully saturated rings. The number of nitrogens with zero attached hydrogens (tertiary/aromatic N) is 6. The van der Waals surface area contributed by atoms with Crippen LogP contribution in [0, 0.1) is 13.8 Å². The number of rotatable bonds is 6. The lowest BCUT2D eigenvalue weighted by atomic mass is 10.4. The van der Waals surface area contributed by atoms with Gasteiger partial charge in [-0.2, -0.15) is 33.5 Å². The molecule has 31 heavy (non-hydrogen) atoms. The third-order valence-corrected chi connectivity index (χ3v) is 7.34. The molecule has 2 saturated heterocycles. The maximum Gasteiger partial charge on any atom is 0.242 e. The second-order valence-electron chi connectivity index (χ2n) is 7.60. The van der Waals surface area contributed by atoms with Crippen molar-refractivity contribution in [1.29, 1.82) is 0 Å². The molecule has 2 aliphatic heterocycles. The van der Waals surface area contributed by atoms with Gasteiger partial charge in [-0.05, 0) is 13.8 Å². The molecule has 0 atom stereocenters. The Hall–Kier alpha value is -2.14. The number of aromatic nitrogens is 4. The van der Waals surface area contributed by atoms with Crippen LogP contribution in [0.2, 0.25) is 0 Å². The molecule has 11 heteroatoms. The summed E-state index contributed by atoms with van der Waals surface area (Å²) in [6.45, 7) is 7.40. The summed E-state index contributed by atoms with van der Waals surface area (Å²) in [5.74, 6) is 6.37. The van der Waals surface area contributed by atoms with Gasteiger partial charge in [0.05, 0.1) is 12.4 Å². The van der Waals surface area contributed by atoms with Crippen molar-refractivity contribution in [3.05, 3.63) is 24.0 Å². The van der Waals surface area contributed by atoms with Crippen molar-refractivity contribution >= 4 is 35.3 Å². The lowest BCUT2D eigenvalue weighted by Crippen LogP contribution is -2.39. The molecule has 2 aromatic rings. The Bertz CT molecular complexity index is 857. The van der Waals surface area contributed by atoms with Crippen LogP contribution in [0.15, 0.2) is 12.4 Å². The maximum absolute atomic E-state index is 12.5. The third kappa shape index (κ3) is 5.57. The van der Waals surface area contributed by atoms with Gasteiger partial charge in [0.1, 0.15) is 24.7 Å². The number of hydrogen-bond donors (Lipinski definition) is 0. The smallest absolute Gasteiger partial charge is 0.242 e. The minimum Gasteiger partial charge on any atom is -0.417 e. The van der Waals surface area contributed by atoms with E-state index in [-0.39, 0.29) is 24.9 Å². The summed E-state index contributed by atoms with van der Waals surface area (Å²) in [4.78, 5) is 37.7. The van der Waals surface area contributed by atoms with Crippen LogP contribution in [-0.4, -0.2) is 89.9 Å². The molecule has 0 spiro atoms. The van der Waals surface area contributed by atoms with E-state index in [1.54, 1.807) is 21.5 Å². The lowest BCUT2D eigenvalue weighted by Gasteiger charge is -2.26. The van der Waals surface area contributed by atoms with Crippen LogP contribution in [0.1, 0.15) is 11.6 Å². The summed E-state index contributed by atoms with van der Waals surface area (Å²) in [7, 11) is 0. The van der Waals surface area contributed by atoms with Crippen molar-refractivity contribution in [3.8, 4) is 11.8 Å². The Morgan fingerprint density at radius 2 is 1.19 bits per heavy atom. The Kier molecular flexibility index (Phi) is 7.11. The molecule has 4 heterocycles. The first-order chi connectivity index (χ1) is 15.0. The van der Waals surface area contributed by atoms with Gasteiger partial charge in [-0.25, -0.2) is 0 Å². The molecule has 168 valence electrons. The number of imidazole rings is 2. The molecule has 9 nitrogen and oxygen atoms in total. The number of carbonyl (C=O) groups excluding carboxylic acids is 2. The first-order valence-corrected chi connectivity index (χ1v) is 12.8. The van der Waals surface area contributed by atoms with Crippen LogP contribution in [0.4, 0.5) is 0 Å². The second kappa shape index (κ2) is 9.99. The van der Waals surface area contributed by atoms with Crippen molar-refractivity contribution in [1.82, 2.24) is 28.9 Å². The van der Waals surface area contributed by atoms with Gasteiger partial charge in [-0.15, -0.1) is 0 Å². The zero-order valence-electron chi connectivity index (χ0n) is 18.0. The molecule has 0 aliphatic carbocycles. The molecule has 0 saturated carbocycles. The van der Waals surface area contributed by atoms with Crippen LogP contribution in [-0.2, 0) is 22.7 Å². The van der Waals surface area contributed by atoms with Crippen LogP contribution in [0.25, 0.3) is 0 Å². The van der Waals surface area contributed by atoms with Crippen molar-refractivity contribution in [2.24, 2.45) is 0 Å². The Balaban J connectivity index is 1.37. The SMILES string of the molecule is Cc1nc(Oc2cn(CC(=O)N3CCSCC3)c(C)n2)cn1CC(=O)N1CCSCC1. The fraction of sp³-hybridized carbons (Fsp3) is 0.600. The third-order valence-electron chi connectivity index (χ3n) is 5.46. The van der Waals surface area contributed by atoms with E-state index in [9.17, 15) is 9.59 Å². The van der Waals surface area contributed by atoms with Gasteiger partial charge >= 0.3 is 0 Å². The summed E-state index contributed by atoms with van der Waals surface area (Å²) < 4.78 is 9.45. The van der Waals surface area contributed by atoms with Crippen molar-refractivity contribution < 1.29 is 14.3 Å². The highest BCUT2D eigenvalue weighted by molar-refractivity contribution is 7.99. The standard InChI is InChI=1S/C20H28N6O3S2/c1-15-21-17(11-25(15)13-19(27)23-3-7-30-8-4-23)29-18-12-26(16(2)22-18)14-20(28)24-5-9-31-10-6-24/h11-12H,3-10,13-14H2,1-2H3. The second-order valence-corrected chi connectivity index (χ2v) is 10.0. The molecule has 2 aromatic heterocycles. The van der Waals surface area contributed by atoms with E-state index in [2.05, 4.69) is 9.97 Å². The van der Waals surface area contributed by atoms with Crippen LogP contribution < -0.4 is 4.74 Å². The average molecular weight is 465 g/mol. The normalized spacial score (nSPS) is 17.1. The quantitative estimate of drug-likeness (QED) is 0.642. The zero-order valence-corrected chi connectivity index (χ0v) is 19.6. The van der Waals surface area contributed by atoms with Crippen molar-refractivity contribution in [2.45, 2.75) is 26.9 Å². The summed E-state index contributed by atoms with van der Waals surface area (Å²) >= 11 is 3.76. The summed E-state index contributed by atoms with van der Waals surface area (Å²) in [5.41, 5.74) is 0. The predicted molar refractivity (Wildman–Crippen MR) is 122 cm³/mol. The topological polar surface area (TPSA) is 85.5 Å². The van der Waals surface area contributed by atoms with Gasteiger partial charge < -0.3 is 23.7 Å². The molecule has 2 aliphatic rings. The number of aryl methyl sites for hydroxylation is 2. The van der Waals surface area contributed by atoms with E-state index in [0.717, 1.165) is 49.2 Å². The number of thioether (sulfide) groups is 2. The minimum atomic E-state index is 0.0992. The monoisotopic (exact) mass is 464 g/mol. The van der Waals surface area contributed by atoms with Crippen LogP contribution in [0.3, 0.4) is 0 Å². The zero-order chi connectivity index (χ0) is 21.8. The minimum absolute atomic E-state index is 0.0992. The largest absolute Gasteiger partial charge is 0.417 e. The molecular weight excluding hydrogens is 436 g/mol. The highest BCUT2D eigenvalue weighted by Gasteiger charge is 2.20. The van der Waals surface area contributed by atoms with Gasteiger partial charge in [0.15, 0.2) is 0 Å². The van der Waals surface area contributed by atoms with Gasteiger partial charge in [0.2, 0.25) is 23.6 Å². The Labute approximate surface area is 190 Å². The van der Waals surface area contributed by atoms with E-state index < -0.39 is 0 Å². The molecule has 2 amide bonds. The van der Waals surface area contributed by atoms with Crippen molar-refractivity contribution in [2.75, 3.05) is 49.2 Å². The van der Waals surface area contributed by atoms with E-state index in [0.29, 0.717) is 23.4 Å². The molecule has 0 bridgehead atoms. The molecule has 0 N–H and O–H groups in total. The number of hydrogen-bond acceptors (Lipinski definition) is 7. The average Bonchev–Trinajstić information content (AvgIpc) is 3.30. The fourth-order valence-electron chi connectivity index (χ4n) is 3.60. The van der Waals surface area contributed by atoms with Gasteiger partial charge in [0.25, 0.3) is 0 Å². The van der Waals surface area contributed by atoms with E-state index in [4.69, 9.17) is 4.74 Å². The first kappa shape index (κ1) is 22.1. The molecule has 0 unspecified atom stereocenters. The Morgan fingerprint density at radius 3 is 1.58 bits per heavy atom. The van der Waals surface area contributed by atoms with Crippen molar-refractivity contribution in [3.63, 3.8) is 0 Å². The predicted octanol–water partition coefficient (Wildman–Crippen LogP) is 1.64. The Morgan fingerprint density at radius 1 is 0.806 bits per heavy atom. The van der Waals surface area contributed by atoms with E-state index in [1.807, 2.05) is 47.2 Å². The molecule has 0 aromatic carbocycles. The molecule has 4 rings (SSSR count). The maximum atomic E-state index is 12.5. The van der Waals surface area contributed by atoms with Crippen LogP contribution >= 0.6 is 23.5 Å². The van der Waals surface area contributed by atoms with Gasteiger partial charge in [-0.3, -0.25) is 9.59 Å². The highest BCUT2D eigenvalue weighted by Crippen LogP contribution is 2.21.